The lowest BCUT2D eigenvalue weighted by molar-refractivity contribution is 0.247. The van der Waals surface area contributed by atoms with Gasteiger partial charge in [-0.1, -0.05) is 24.3 Å². The Morgan fingerprint density at radius 1 is 0.857 bits per heavy atom. The van der Waals surface area contributed by atoms with Gasteiger partial charge in [0.25, 0.3) is 0 Å². The van der Waals surface area contributed by atoms with Crippen molar-refractivity contribution in [2.45, 2.75) is 19.6 Å². The summed E-state index contributed by atoms with van der Waals surface area (Å²) in [6, 6.07) is 15.2. The average Bonchev–Trinajstić information content (AvgIpc) is 2.55. The molecule has 0 saturated carbocycles. The minimum Gasteiger partial charge on any atom is -0.493 e. The van der Waals surface area contributed by atoms with Crippen LogP contribution in [-0.4, -0.2) is 18.3 Å². The highest BCUT2D eigenvalue weighted by molar-refractivity contribution is 5.28. The Kier molecular flexibility index (Phi) is 6.06. The normalized spacial score (nSPS) is 10.4. The molecule has 0 aliphatic heterocycles. The largest absolute Gasteiger partial charge is 0.493 e. The lowest BCUT2D eigenvalue weighted by Gasteiger charge is -2.09. The van der Waals surface area contributed by atoms with Gasteiger partial charge in [-0.15, -0.1) is 0 Å². The van der Waals surface area contributed by atoms with E-state index < -0.39 is 0 Å². The number of benzene rings is 2. The van der Waals surface area contributed by atoms with Gasteiger partial charge in [0.1, 0.15) is 11.5 Å². The molecule has 2 aromatic carbocycles. The molecule has 2 aromatic rings. The van der Waals surface area contributed by atoms with Crippen LogP contribution in [0.1, 0.15) is 17.5 Å². The summed E-state index contributed by atoms with van der Waals surface area (Å²) >= 11 is 0. The summed E-state index contributed by atoms with van der Waals surface area (Å²) in [7, 11) is 0. The first-order chi connectivity index (χ1) is 10.3. The maximum atomic E-state index is 8.95. The van der Waals surface area contributed by atoms with Crippen molar-refractivity contribution < 1.29 is 14.6 Å². The van der Waals surface area contributed by atoms with Gasteiger partial charge in [0, 0.05) is 13.0 Å². The van der Waals surface area contributed by atoms with Crippen LogP contribution in [0.25, 0.3) is 0 Å². The molecule has 0 aliphatic rings. The van der Waals surface area contributed by atoms with Gasteiger partial charge in [0.15, 0.2) is 0 Å². The van der Waals surface area contributed by atoms with E-state index >= 15 is 0 Å². The summed E-state index contributed by atoms with van der Waals surface area (Å²) in [5.41, 5.74) is 7.53. The molecule has 0 bridgehead atoms. The van der Waals surface area contributed by atoms with E-state index in [9.17, 15) is 0 Å². The van der Waals surface area contributed by atoms with E-state index in [0.717, 1.165) is 29.0 Å². The van der Waals surface area contributed by atoms with Crippen molar-refractivity contribution in [2.24, 2.45) is 5.73 Å². The maximum absolute atomic E-state index is 8.95. The molecule has 0 radical (unpaired) electrons. The predicted octanol–water partition coefficient (Wildman–Crippen LogP) is 2.49. The van der Waals surface area contributed by atoms with E-state index in [-0.39, 0.29) is 6.61 Å². The van der Waals surface area contributed by atoms with Crippen molar-refractivity contribution >= 4 is 0 Å². The fraction of sp³-hybridized carbons (Fsp3) is 0.294. The molecule has 4 heteroatoms. The quantitative estimate of drug-likeness (QED) is 0.732. The van der Waals surface area contributed by atoms with Crippen molar-refractivity contribution in [1.82, 2.24) is 0 Å². The Balaban J connectivity index is 1.67. The number of hydrogen-bond donors (Lipinski definition) is 2. The van der Waals surface area contributed by atoms with Gasteiger partial charge in [0.05, 0.1) is 19.8 Å². The van der Waals surface area contributed by atoms with Crippen molar-refractivity contribution in [3.63, 3.8) is 0 Å². The third-order valence-electron chi connectivity index (χ3n) is 3.07. The number of nitrogens with two attached hydrogens (primary N) is 1. The molecule has 0 fully saturated rings. The third kappa shape index (κ3) is 5.10. The van der Waals surface area contributed by atoms with Gasteiger partial charge in [-0.3, -0.25) is 0 Å². The van der Waals surface area contributed by atoms with Crippen LogP contribution in [0.5, 0.6) is 11.5 Å². The molecule has 2 rings (SSSR count). The topological polar surface area (TPSA) is 64.7 Å². The molecule has 0 aliphatic carbocycles. The van der Waals surface area contributed by atoms with E-state index in [1.807, 2.05) is 48.5 Å². The molecule has 0 unspecified atom stereocenters. The summed E-state index contributed by atoms with van der Waals surface area (Å²) < 4.78 is 11.3. The van der Waals surface area contributed by atoms with Crippen molar-refractivity contribution in [1.29, 1.82) is 0 Å². The Morgan fingerprint density at radius 2 is 1.57 bits per heavy atom. The summed E-state index contributed by atoms with van der Waals surface area (Å²) in [5.74, 6) is 1.64. The third-order valence-corrected chi connectivity index (χ3v) is 3.07. The van der Waals surface area contributed by atoms with Gasteiger partial charge in [-0.25, -0.2) is 0 Å². The molecule has 0 heterocycles. The summed E-state index contributed by atoms with van der Waals surface area (Å²) in [5, 5.41) is 8.95. The first kappa shape index (κ1) is 15.4. The molecular formula is C17H21NO3. The highest BCUT2D eigenvalue weighted by Crippen LogP contribution is 2.14. The zero-order valence-electron chi connectivity index (χ0n) is 12.0. The molecule has 0 aromatic heterocycles. The zero-order chi connectivity index (χ0) is 14.9. The standard InChI is InChI=1S/C17H21NO3/c18-12-15-3-1-4-17(11-15)21-10-2-9-20-16-7-5-14(13-19)6-8-16/h1,3-8,11,19H,2,9-10,12-13,18H2. The summed E-state index contributed by atoms with van der Waals surface area (Å²) in [6.07, 6.45) is 0.800. The van der Waals surface area contributed by atoms with Gasteiger partial charge >= 0.3 is 0 Å². The molecule has 0 amide bonds. The molecule has 3 N–H and O–H groups in total. The van der Waals surface area contributed by atoms with Crippen LogP contribution in [0.3, 0.4) is 0 Å². The van der Waals surface area contributed by atoms with Crippen molar-refractivity contribution in [2.75, 3.05) is 13.2 Å². The molecule has 21 heavy (non-hydrogen) atoms. The second kappa shape index (κ2) is 8.29. The number of rotatable bonds is 8. The number of ether oxygens (including phenoxy) is 2. The molecule has 0 atom stereocenters. The fourth-order valence-electron chi connectivity index (χ4n) is 1.89. The first-order valence-electron chi connectivity index (χ1n) is 7.06. The van der Waals surface area contributed by atoms with E-state index in [1.165, 1.54) is 0 Å². The van der Waals surface area contributed by atoms with E-state index in [4.69, 9.17) is 20.3 Å². The second-order valence-electron chi connectivity index (χ2n) is 4.70. The molecule has 112 valence electrons. The Hall–Kier alpha value is -2.04. The summed E-state index contributed by atoms with van der Waals surface area (Å²) in [4.78, 5) is 0. The van der Waals surface area contributed by atoms with Crippen LogP contribution in [0.2, 0.25) is 0 Å². The summed E-state index contributed by atoms with van der Waals surface area (Å²) in [6.45, 7) is 1.76. The SMILES string of the molecule is NCc1cccc(OCCCOc2ccc(CO)cc2)c1. The van der Waals surface area contributed by atoms with Crippen LogP contribution in [0.15, 0.2) is 48.5 Å². The highest BCUT2D eigenvalue weighted by atomic mass is 16.5. The lowest BCUT2D eigenvalue weighted by atomic mass is 10.2. The smallest absolute Gasteiger partial charge is 0.119 e. The Morgan fingerprint density at radius 3 is 2.24 bits per heavy atom. The molecular weight excluding hydrogens is 266 g/mol. The Bertz CT molecular complexity index is 540. The van der Waals surface area contributed by atoms with Gasteiger partial charge in [-0.05, 0) is 35.4 Å². The maximum Gasteiger partial charge on any atom is 0.119 e. The monoisotopic (exact) mass is 287 g/mol. The van der Waals surface area contributed by atoms with Crippen LogP contribution in [0, 0.1) is 0 Å². The molecule has 0 saturated heterocycles. The minimum atomic E-state index is 0.0516. The van der Waals surface area contributed by atoms with Crippen LogP contribution < -0.4 is 15.2 Å². The first-order valence-corrected chi connectivity index (χ1v) is 7.06. The van der Waals surface area contributed by atoms with Crippen LogP contribution in [-0.2, 0) is 13.2 Å². The lowest BCUT2D eigenvalue weighted by Crippen LogP contribution is -2.05. The minimum absolute atomic E-state index is 0.0516. The number of aliphatic hydroxyl groups is 1. The fourth-order valence-corrected chi connectivity index (χ4v) is 1.89. The van der Waals surface area contributed by atoms with E-state index in [0.29, 0.717) is 19.8 Å². The predicted molar refractivity (Wildman–Crippen MR) is 82.3 cm³/mol. The van der Waals surface area contributed by atoms with Crippen molar-refractivity contribution in [3.8, 4) is 11.5 Å². The van der Waals surface area contributed by atoms with Crippen LogP contribution in [0.4, 0.5) is 0 Å². The average molecular weight is 287 g/mol. The van der Waals surface area contributed by atoms with E-state index in [2.05, 4.69) is 0 Å². The highest BCUT2D eigenvalue weighted by Gasteiger charge is 1.97. The second-order valence-corrected chi connectivity index (χ2v) is 4.70. The number of hydrogen-bond acceptors (Lipinski definition) is 4. The van der Waals surface area contributed by atoms with Crippen LogP contribution >= 0.6 is 0 Å². The molecule has 4 nitrogen and oxygen atoms in total. The van der Waals surface area contributed by atoms with E-state index in [1.54, 1.807) is 0 Å². The van der Waals surface area contributed by atoms with Gasteiger partial charge in [0.2, 0.25) is 0 Å². The van der Waals surface area contributed by atoms with Crippen molar-refractivity contribution in [3.05, 3.63) is 59.7 Å². The molecule has 0 spiro atoms. The van der Waals surface area contributed by atoms with Gasteiger partial charge < -0.3 is 20.3 Å². The van der Waals surface area contributed by atoms with Gasteiger partial charge in [-0.2, -0.15) is 0 Å². The zero-order valence-corrected chi connectivity index (χ0v) is 12.0. The number of aliphatic hydroxyl groups excluding tert-OH is 1. The Labute approximate surface area is 125 Å².